The molecule has 2 aromatic rings. The van der Waals surface area contributed by atoms with Crippen molar-refractivity contribution in [3.8, 4) is 5.75 Å². The van der Waals surface area contributed by atoms with Crippen LogP contribution in [0.2, 0.25) is 5.02 Å². The predicted octanol–water partition coefficient (Wildman–Crippen LogP) is 4.40. The molecule has 0 aliphatic carbocycles. The van der Waals surface area contributed by atoms with Gasteiger partial charge in [0.25, 0.3) is 0 Å². The smallest absolute Gasteiger partial charge is 0.161 e. The molecule has 0 fully saturated rings. The summed E-state index contributed by atoms with van der Waals surface area (Å²) >= 11 is 9.10. The number of benzene rings is 2. The van der Waals surface area contributed by atoms with Gasteiger partial charge < -0.3 is 10.5 Å². The average molecular weight is 331 g/mol. The van der Waals surface area contributed by atoms with Crippen molar-refractivity contribution >= 4 is 33.2 Å². The molecule has 0 atom stereocenters. The highest BCUT2D eigenvalue weighted by molar-refractivity contribution is 9.10. The second-order valence-electron chi connectivity index (χ2n) is 3.70. The van der Waals surface area contributed by atoms with E-state index >= 15 is 0 Å². The summed E-state index contributed by atoms with van der Waals surface area (Å²) in [6, 6.07) is 9.84. The van der Waals surface area contributed by atoms with Crippen molar-refractivity contribution in [2.24, 2.45) is 0 Å². The van der Waals surface area contributed by atoms with Crippen LogP contribution in [0.1, 0.15) is 5.56 Å². The fourth-order valence-corrected chi connectivity index (χ4v) is 2.13. The summed E-state index contributed by atoms with van der Waals surface area (Å²) in [7, 11) is 0. The Kier molecular flexibility index (Phi) is 4.09. The van der Waals surface area contributed by atoms with Crippen LogP contribution >= 0.6 is 27.5 Å². The maximum Gasteiger partial charge on any atom is 0.161 e. The van der Waals surface area contributed by atoms with E-state index in [1.165, 1.54) is 6.07 Å². The van der Waals surface area contributed by atoms with Crippen LogP contribution in [0.15, 0.2) is 40.9 Å². The number of anilines is 1. The molecule has 2 rings (SSSR count). The first-order valence-electron chi connectivity index (χ1n) is 5.18. The molecule has 0 radical (unpaired) electrons. The monoisotopic (exact) mass is 329 g/mol. The van der Waals surface area contributed by atoms with E-state index < -0.39 is 0 Å². The molecule has 2 N–H and O–H groups in total. The van der Waals surface area contributed by atoms with Gasteiger partial charge in [-0.05, 0) is 45.8 Å². The molecular weight excluding hydrogens is 321 g/mol. The number of para-hydroxylation sites is 1. The minimum absolute atomic E-state index is 0.271. The lowest BCUT2D eigenvalue weighted by molar-refractivity contribution is 0.308. The summed E-state index contributed by atoms with van der Waals surface area (Å²) in [4.78, 5) is 0. The predicted molar refractivity (Wildman–Crippen MR) is 74.3 cm³/mol. The zero-order valence-corrected chi connectivity index (χ0v) is 11.6. The van der Waals surface area contributed by atoms with Gasteiger partial charge in [0.2, 0.25) is 0 Å². The Hall–Kier alpha value is -1.26. The van der Waals surface area contributed by atoms with Crippen molar-refractivity contribution in [3.63, 3.8) is 0 Å². The van der Waals surface area contributed by atoms with Crippen LogP contribution in [-0.2, 0) is 6.61 Å². The fraction of sp³-hybridized carbons (Fsp3) is 0.0769. The second kappa shape index (κ2) is 5.59. The minimum Gasteiger partial charge on any atom is -0.485 e. The van der Waals surface area contributed by atoms with E-state index in [-0.39, 0.29) is 12.4 Å². The van der Waals surface area contributed by atoms with Crippen molar-refractivity contribution in [2.45, 2.75) is 6.61 Å². The fourth-order valence-electron chi connectivity index (χ4n) is 1.46. The van der Waals surface area contributed by atoms with E-state index in [9.17, 15) is 4.39 Å². The summed E-state index contributed by atoms with van der Waals surface area (Å²) in [6.07, 6.45) is 0. The lowest BCUT2D eigenvalue weighted by Crippen LogP contribution is -1.99. The van der Waals surface area contributed by atoms with Gasteiger partial charge in [-0.15, -0.1) is 0 Å². The Morgan fingerprint density at radius 3 is 2.72 bits per heavy atom. The Morgan fingerprint density at radius 1 is 1.28 bits per heavy atom. The molecule has 2 aromatic carbocycles. The summed E-state index contributed by atoms with van der Waals surface area (Å²) in [5, 5.41) is 0.455. The highest BCUT2D eigenvalue weighted by Gasteiger charge is 2.07. The average Bonchev–Trinajstić information content (AvgIpc) is 2.33. The van der Waals surface area contributed by atoms with Crippen LogP contribution in [0.3, 0.4) is 0 Å². The van der Waals surface area contributed by atoms with Gasteiger partial charge in [0, 0.05) is 0 Å². The largest absolute Gasteiger partial charge is 0.485 e. The molecule has 0 aromatic heterocycles. The summed E-state index contributed by atoms with van der Waals surface area (Å²) in [5.41, 5.74) is 7.06. The van der Waals surface area contributed by atoms with Crippen molar-refractivity contribution in [3.05, 3.63) is 57.3 Å². The first-order chi connectivity index (χ1) is 8.58. The van der Waals surface area contributed by atoms with E-state index in [1.54, 1.807) is 30.3 Å². The number of nitrogens with two attached hydrogens (primary N) is 1. The SMILES string of the molecule is Nc1cccc(Cl)c1OCc1ccc(F)c(Br)c1. The number of ether oxygens (including phenoxy) is 1. The molecule has 5 heteroatoms. The first kappa shape index (κ1) is 13.2. The first-order valence-corrected chi connectivity index (χ1v) is 6.35. The van der Waals surface area contributed by atoms with Crippen molar-refractivity contribution in [1.29, 1.82) is 0 Å². The molecule has 0 saturated carbocycles. The molecule has 0 aliphatic rings. The lowest BCUT2D eigenvalue weighted by Gasteiger charge is -2.10. The standard InChI is InChI=1S/C13H10BrClFNO/c14-9-6-8(4-5-11(9)16)7-18-13-10(15)2-1-3-12(13)17/h1-6H,7,17H2. The van der Waals surface area contributed by atoms with Gasteiger partial charge in [-0.25, -0.2) is 4.39 Å². The Bertz CT molecular complexity index is 557. The van der Waals surface area contributed by atoms with Crippen LogP contribution in [0.4, 0.5) is 10.1 Å². The molecule has 0 saturated heterocycles. The Balaban J connectivity index is 2.14. The van der Waals surface area contributed by atoms with Gasteiger partial charge in [0.05, 0.1) is 15.2 Å². The van der Waals surface area contributed by atoms with Crippen LogP contribution in [-0.4, -0.2) is 0 Å². The Morgan fingerprint density at radius 2 is 2.06 bits per heavy atom. The zero-order valence-electron chi connectivity index (χ0n) is 9.29. The third kappa shape index (κ3) is 2.94. The molecule has 0 bridgehead atoms. The van der Waals surface area contributed by atoms with Gasteiger partial charge in [-0.2, -0.15) is 0 Å². The molecule has 0 unspecified atom stereocenters. The number of halogens is 3. The number of nitrogen functional groups attached to an aromatic ring is 1. The molecule has 0 amide bonds. The topological polar surface area (TPSA) is 35.2 Å². The minimum atomic E-state index is -0.309. The summed E-state index contributed by atoms with van der Waals surface area (Å²) < 4.78 is 19.0. The number of hydrogen-bond donors (Lipinski definition) is 1. The van der Waals surface area contributed by atoms with E-state index in [1.807, 2.05) is 0 Å². The molecule has 0 heterocycles. The van der Waals surface area contributed by atoms with Gasteiger partial charge >= 0.3 is 0 Å². The normalized spacial score (nSPS) is 10.4. The van der Waals surface area contributed by atoms with E-state index in [2.05, 4.69) is 15.9 Å². The quantitative estimate of drug-likeness (QED) is 0.846. The Labute approximate surface area is 118 Å². The van der Waals surface area contributed by atoms with Crippen molar-refractivity contribution < 1.29 is 9.13 Å². The van der Waals surface area contributed by atoms with Gasteiger partial charge in [-0.3, -0.25) is 0 Å². The number of rotatable bonds is 3. The summed E-state index contributed by atoms with van der Waals surface area (Å²) in [5.74, 6) is 0.135. The van der Waals surface area contributed by atoms with Gasteiger partial charge in [0.15, 0.2) is 5.75 Å². The van der Waals surface area contributed by atoms with Gasteiger partial charge in [0.1, 0.15) is 12.4 Å². The maximum atomic E-state index is 13.1. The zero-order chi connectivity index (χ0) is 13.1. The van der Waals surface area contributed by atoms with E-state index in [0.717, 1.165) is 5.56 Å². The molecule has 2 nitrogen and oxygen atoms in total. The van der Waals surface area contributed by atoms with E-state index in [4.69, 9.17) is 22.1 Å². The molecule has 94 valence electrons. The second-order valence-corrected chi connectivity index (χ2v) is 4.96. The third-order valence-corrected chi connectivity index (χ3v) is 3.27. The maximum absolute atomic E-state index is 13.1. The highest BCUT2D eigenvalue weighted by Crippen LogP contribution is 2.31. The highest BCUT2D eigenvalue weighted by atomic mass is 79.9. The van der Waals surface area contributed by atoms with E-state index in [0.29, 0.717) is 20.9 Å². The lowest BCUT2D eigenvalue weighted by atomic mass is 10.2. The molecule has 0 aliphatic heterocycles. The van der Waals surface area contributed by atoms with Gasteiger partial charge in [-0.1, -0.05) is 23.7 Å². The molecule has 0 spiro atoms. The van der Waals surface area contributed by atoms with Crippen LogP contribution < -0.4 is 10.5 Å². The van der Waals surface area contributed by atoms with Crippen LogP contribution in [0, 0.1) is 5.82 Å². The third-order valence-electron chi connectivity index (χ3n) is 2.36. The van der Waals surface area contributed by atoms with Crippen LogP contribution in [0.25, 0.3) is 0 Å². The molecule has 18 heavy (non-hydrogen) atoms. The molecular formula is C13H10BrClFNO. The number of hydrogen-bond acceptors (Lipinski definition) is 2. The van der Waals surface area contributed by atoms with Crippen LogP contribution in [0.5, 0.6) is 5.75 Å². The van der Waals surface area contributed by atoms with Crippen molar-refractivity contribution in [1.82, 2.24) is 0 Å². The van der Waals surface area contributed by atoms with Crippen molar-refractivity contribution in [2.75, 3.05) is 5.73 Å². The summed E-state index contributed by atoms with van der Waals surface area (Å²) in [6.45, 7) is 0.271.